The van der Waals surface area contributed by atoms with Crippen molar-refractivity contribution in [1.29, 1.82) is 0 Å². The predicted molar refractivity (Wildman–Crippen MR) is 85.7 cm³/mol. The number of carbonyl (C=O) groups excluding carboxylic acids is 2. The van der Waals surface area contributed by atoms with Gasteiger partial charge in [-0.3, -0.25) is 14.5 Å². The number of hydrogen-bond acceptors (Lipinski definition) is 4. The van der Waals surface area contributed by atoms with Crippen LogP contribution in [0.2, 0.25) is 0 Å². The molecule has 1 aromatic rings. The Morgan fingerprint density at radius 3 is 2.68 bits per heavy atom. The normalized spacial score (nSPS) is 14.2. The molecule has 0 aromatic heterocycles. The van der Waals surface area contributed by atoms with Crippen LogP contribution in [0.15, 0.2) is 36.4 Å². The molecule has 118 valence electrons. The summed E-state index contributed by atoms with van der Waals surface area (Å²) in [6.45, 7) is 4.97. The van der Waals surface area contributed by atoms with E-state index in [1.807, 2.05) is 24.3 Å². The van der Waals surface area contributed by atoms with E-state index in [9.17, 15) is 9.59 Å². The van der Waals surface area contributed by atoms with Gasteiger partial charge < -0.3 is 4.74 Å². The lowest BCUT2D eigenvalue weighted by Gasteiger charge is -2.15. The molecule has 0 unspecified atom stereocenters. The number of ketones is 1. The zero-order valence-electron chi connectivity index (χ0n) is 13.1. The third kappa shape index (κ3) is 5.11. The second kappa shape index (κ2) is 8.49. The van der Waals surface area contributed by atoms with Crippen LogP contribution >= 0.6 is 0 Å². The Hall–Kier alpha value is -1.94. The molecule has 0 radical (unpaired) electrons. The van der Waals surface area contributed by atoms with Crippen LogP contribution in [0.1, 0.15) is 42.1 Å². The van der Waals surface area contributed by atoms with Gasteiger partial charge in [0.1, 0.15) is 0 Å². The summed E-state index contributed by atoms with van der Waals surface area (Å²) in [6.07, 6.45) is 5.54. The van der Waals surface area contributed by atoms with Crippen molar-refractivity contribution in [3.05, 3.63) is 47.5 Å². The molecule has 0 fully saturated rings. The van der Waals surface area contributed by atoms with E-state index < -0.39 is 0 Å². The highest BCUT2D eigenvalue weighted by atomic mass is 16.5. The molecule has 2 rings (SSSR count). The fourth-order valence-electron chi connectivity index (χ4n) is 2.52. The lowest BCUT2D eigenvalue weighted by molar-refractivity contribution is -0.143. The third-order valence-electron chi connectivity index (χ3n) is 3.64. The van der Waals surface area contributed by atoms with Crippen molar-refractivity contribution < 1.29 is 14.3 Å². The summed E-state index contributed by atoms with van der Waals surface area (Å²) in [4.78, 5) is 25.8. The number of hydrogen-bond donors (Lipinski definition) is 0. The third-order valence-corrected chi connectivity index (χ3v) is 3.64. The van der Waals surface area contributed by atoms with Crippen molar-refractivity contribution in [2.75, 3.05) is 19.7 Å². The lowest BCUT2D eigenvalue weighted by Crippen LogP contribution is -2.19. The molecule has 0 amide bonds. The van der Waals surface area contributed by atoms with E-state index in [4.69, 9.17) is 4.74 Å². The van der Waals surface area contributed by atoms with Gasteiger partial charge in [0.2, 0.25) is 0 Å². The molecule has 0 saturated carbocycles. The molecule has 0 atom stereocenters. The maximum atomic E-state index is 12.2. The SMILES string of the molecule is CCOC(=O)CCCC(=O)c1cccc(CN2CC=CC2)c1. The summed E-state index contributed by atoms with van der Waals surface area (Å²) in [5, 5.41) is 0. The standard InChI is InChI=1S/C18H23NO3/c1-2-22-18(21)10-6-9-17(20)16-8-5-7-15(13-16)14-19-11-3-4-12-19/h3-5,7-8,13H,2,6,9-12,14H2,1H3. The van der Waals surface area contributed by atoms with E-state index in [1.54, 1.807) is 6.92 Å². The second-order valence-corrected chi connectivity index (χ2v) is 5.45. The van der Waals surface area contributed by atoms with Gasteiger partial charge in [0.15, 0.2) is 5.78 Å². The van der Waals surface area contributed by atoms with E-state index >= 15 is 0 Å². The molecular weight excluding hydrogens is 278 g/mol. The van der Waals surface area contributed by atoms with Crippen molar-refractivity contribution in [3.63, 3.8) is 0 Å². The first kappa shape index (κ1) is 16.4. The minimum atomic E-state index is -0.231. The number of nitrogens with zero attached hydrogens (tertiary/aromatic N) is 1. The first-order valence-electron chi connectivity index (χ1n) is 7.84. The minimum Gasteiger partial charge on any atom is -0.466 e. The molecule has 0 spiro atoms. The van der Waals surface area contributed by atoms with Crippen LogP contribution in [-0.4, -0.2) is 36.3 Å². The van der Waals surface area contributed by atoms with Crippen LogP contribution in [0.25, 0.3) is 0 Å². The van der Waals surface area contributed by atoms with Gasteiger partial charge in [0.25, 0.3) is 0 Å². The molecule has 0 N–H and O–H groups in total. The van der Waals surface area contributed by atoms with E-state index in [-0.39, 0.29) is 11.8 Å². The van der Waals surface area contributed by atoms with E-state index in [2.05, 4.69) is 17.1 Å². The Morgan fingerprint density at radius 1 is 1.18 bits per heavy atom. The molecule has 0 saturated heterocycles. The fourth-order valence-corrected chi connectivity index (χ4v) is 2.52. The summed E-state index contributed by atoms with van der Waals surface area (Å²) >= 11 is 0. The molecule has 22 heavy (non-hydrogen) atoms. The van der Waals surface area contributed by atoms with E-state index in [0.717, 1.165) is 30.8 Å². The van der Waals surface area contributed by atoms with Gasteiger partial charge in [-0.05, 0) is 25.0 Å². The average Bonchev–Trinajstić information content (AvgIpc) is 3.00. The maximum absolute atomic E-state index is 12.2. The Kier molecular flexibility index (Phi) is 6.34. The Labute approximate surface area is 131 Å². The summed E-state index contributed by atoms with van der Waals surface area (Å²) in [5.41, 5.74) is 1.88. The van der Waals surface area contributed by atoms with Crippen molar-refractivity contribution >= 4 is 11.8 Å². The Bertz CT molecular complexity index is 543. The number of rotatable bonds is 8. The summed E-state index contributed by atoms with van der Waals surface area (Å²) < 4.78 is 4.86. The number of ether oxygens (including phenoxy) is 1. The quantitative estimate of drug-likeness (QED) is 0.421. The highest BCUT2D eigenvalue weighted by Gasteiger charge is 2.11. The average molecular weight is 301 g/mol. The topological polar surface area (TPSA) is 46.6 Å². The number of esters is 1. The van der Waals surface area contributed by atoms with Gasteiger partial charge in [-0.15, -0.1) is 0 Å². The predicted octanol–water partition coefficient (Wildman–Crippen LogP) is 2.97. The lowest BCUT2D eigenvalue weighted by atomic mass is 10.0. The van der Waals surface area contributed by atoms with Crippen LogP contribution in [0.5, 0.6) is 0 Å². The second-order valence-electron chi connectivity index (χ2n) is 5.45. The number of benzene rings is 1. The molecule has 1 aromatic carbocycles. The van der Waals surface area contributed by atoms with Crippen molar-refractivity contribution in [3.8, 4) is 0 Å². The van der Waals surface area contributed by atoms with Gasteiger partial charge in [-0.1, -0.05) is 30.4 Å². The van der Waals surface area contributed by atoms with Gasteiger partial charge >= 0.3 is 5.97 Å². The van der Waals surface area contributed by atoms with Crippen LogP contribution in [-0.2, 0) is 16.1 Å². The summed E-state index contributed by atoms with van der Waals surface area (Å²) in [7, 11) is 0. The van der Waals surface area contributed by atoms with Crippen LogP contribution in [0, 0.1) is 0 Å². The van der Waals surface area contributed by atoms with Gasteiger partial charge in [-0.25, -0.2) is 0 Å². The zero-order valence-corrected chi connectivity index (χ0v) is 13.1. The summed E-state index contributed by atoms with van der Waals surface area (Å²) in [6, 6.07) is 7.79. The number of Topliss-reactive ketones (excluding diaryl/α,β-unsaturated/α-hetero) is 1. The first-order chi connectivity index (χ1) is 10.7. The molecule has 1 aliphatic heterocycles. The monoisotopic (exact) mass is 301 g/mol. The summed E-state index contributed by atoms with van der Waals surface area (Å²) in [5.74, 6) is -0.142. The van der Waals surface area contributed by atoms with Gasteiger partial charge in [-0.2, -0.15) is 0 Å². The highest BCUT2D eigenvalue weighted by molar-refractivity contribution is 5.96. The van der Waals surface area contributed by atoms with E-state index in [0.29, 0.717) is 25.9 Å². The van der Waals surface area contributed by atoms with Crippen LogP contribution in [0.3, 0.4) is 0 Å². The molecular formula is C18H23NO3. The minimum absolute atomic E-state index is 0.0886. The molecule has 0 aliphatic carbocycles. The molecule has 4 heteroatoms. The van der Waals surface area contributed by atoms with Crippen molar-refractivity contribution in [2.24, 2.45) is 0 Å². The smallest absolute Gasteiger partial charge is 0.305 e. The molecule has 4 nitrogen and oxygen atoms in total. The largest absolute Gasteiger partial charge is 0.466 e. The first-order valence-corrected chi connectivity index (χ1v) is 7.84. The number of carbonyl (C=O) groups is 2. The Balaban J connectivity index is 1.83. The molecule has 1 aliphatic rings. The molecule has 0 bridgehead atoms. The van der Waals surface area contributed by atoms with Gasteiger partial charge in [0, 0.05) is 38.0 Å². The van der Waals surface area contributed by atoms with Crippen molar-refractivity contribution in [2.45, 2.75) is 32.7 Å². The fraction of sp³-hybridized carbons (Fsp3) is 0.444. The van der Waals surface area contributed by atoms with Crippen LogP contribution < -0.4 is 0 Å². The van der Waals surface area contributed by atoms with E-state index in [1.165, 1.54) is 0 Å². The Morgan fingerprint density at radius 2 is 1.95 bits per heavy atom. The van der Waals surface area contributed by atoms with Gasteiger partial charge in [0.05, 0.1) is 6.61 Å². The van der Waals surface area contributed by atoms with Crippen molar-refractivity contribution in [1.82, 2.24) is 4.90 Å². The zero-order chi connectivity index (χ0) is 15.8. The highest BCUT2D eigenvalue weighted by Crippen LogP contribution is 2.13. The van der Waals surface area contributed by atoms with Crippen LogP contribution in [0.4, 0.5) is 0 Å². The maximum Gasteiger partial charge on any atom is 0.305 e. The molecule has 1 heterocycles.